The van der Waals surface area contributed by atoms with Gasteiger partial charge >= 0.3 is 0 Å². The molecule has 80 valence electrons. The first-order chi connectivity index (χ1) is 7.33. The molecule has 2 fully saturated rings. The van der Waals surface area contributed by atoms with Gasteiger partial charge in [0.1, 0.15) is 5.75 Å². The molecule has 2 heterocycles. The molecule has 3 heteroatoms. The van der Waals surface area contributed by atoms with E-state index in [1.165, 1.54) is 0 Å². The highest BCUT2D eigenvalue weighted by molar-refractivity contribution is 5.41. The van der Waals surface area contributed by atoms with Gasteiger partial charge in [0.25, 0.3) is 0 Å². The van der Waals surface area contributed by atoms with E-state index in [0.29, 0.717) is 18.0 Å². The van der Waals surface area contributed by atoms with Gasteiger partial charge in [0.05, 0.1) is 25.4 Å². The average molecular weight is 206 g/mol. The fourth-order valence-corrected chi connectivity index (χ4v) is 1.84. The minimum Gasteiger partial charge on any atom is -0.507 e. The summed E-state index contributed by atoms with van der Waals surface area (Å²) in [7, 11) is 0. The Morgan fingerprint density at radius 2 is 1.53 bits per heavy atom. The van der Waals surface area contributed by atoms with Crippen LogP contribution < -0.4 is 0 Å². The van der Waals surface area contributed by atoms with Crippen LogP contribution in [0.5, 0.6) is 5.75 Å². The Balaban J connectivity index is 1.79. The van der Waals surface area contributed by atoms with Crippen molar-refractivity contribution in [1.29, 1.82) is 0 Å². The van der Waals surface area contributed by atoms with Gasteiger partial charge in [-0.05, 0) is 11.1 Å². The normalized spacial score (nSPS) is 27.7. The summed E-state index contributed by atoms with van der Waals surface area (Å²) in [6.45, 7) is 1.66. The summed E-state index contributed by atoms with van der Waals surface area (Å²) in [5, 5.41) is 10.0. The molecule has 2 atom stereocenters. The maximum atomic E-state index is 10.0. The molecular formula is C12H14O3. The summed E-state index contributed by atoms with van der Waals surface area (Å²) in [6, 6.07) is 5.93. The number of ether oxygens (including phenoxy) is 2. The standard InChI is InChI=1S/C12H14O3/c13-12-8(4-10-6-14-10)2-1-3-9(12)5-11-7-15-11/h1-3,10-11,13H,4-7H2. The third kappa shape index (κ3) is 2.13. The molecule has 2 aliphatic rings. The van der Waals surface area contributed by atoms with Crippen molar-refractivity contribution in [1.82, 2.24) is 0 Å². The zero-order chi connectivity index (χ0) is 10.3. The summed E-state index contributed by atoms with van der Waals surface area (Å²) >= 11 is 0. The SMILES string of the molecule is Oc1c(CC2CO2)cccc1CC1CO1. The second kappa shape index (κ2) is 3.51. The number of hydrogen-bond acceptors (Lipinski definition) is 3. The van der Waals surface area contributed by atoms with Crippen LogP contribution in [0.2, 0.25) is 0 Å². The number of rotatable bonds is 4. The van der Waals surface area contributed by atoms with Gasteiger partial charge in [-0.1, -0.05) is 18.2 Å². The van der Waals surface area contributed by atoms with E-state index in [1.54, 1.807) is 0 Å². The Hall–Kier alpha value is -1.06. The number of aromatic hydroxyl groups is 1. The second-order valence-corrected chi connectivity index (χ2v) is 4.24. The molecule has 3 nitrogen and oxygen atoms in total. The van der Waals surface area contributed by atoms with Crippen LogP contribution in [-0.2, 0) is 22.3 Å². The smallest absolute Gasteiger partial charge is 0.122 e. The molecule has 2 aliphatic heterocycles. The molecule has 1 aromatic carbocycles. The van der Waals surface area contributed by atoms with Crippen molar-refractivity contribution in [3.05, 3.63) is 29.3 Å². The van der Waals surface area contributed by atoms with E-state index in [4.69, 9.17) is 9.47 Å². The van der Waals surface area contributed by atoms with Crippen LogP contribution in [-0.4, -0.2) is 30.5 Å². The van der Waals surface area contributed by atoms with Crippen molar-refractivity contribution < 1.29 is 14.6 Å². The second-order valence-electron chi connectivity index (χ2n) is 4.24. The molecule has 1 aromatic rings. The van der Waals surface area contributed by atoms with Crippen molar-refractivity contribution in [2.45, 2.75) is 25.0 Å². The first-order valence-electron chi connectivity index (χ1n) is 5.36. The summed E-state index contributed by atoms with van der Waals surface area (Å²) in [5.74, 6) is 0.434. The molecule has 0 bridgehead atoms. The van der Waals surface area contributed by atoms with Crippen molar-refractivity contribution in [2.75, 3.05) is 13.2 Å². The number of phenolic OH excluding ortho intramolecular Hbond substituents is 1. The van der Waals surface area contributed by atoms with Crippen LogP contribution in [0.3, 0.4) is 0 Å². The molecule has 2 unspecified atom stereocenters. The average Bonchev–Trinajstić information content (AvgIpc) is 3.06. The lowest BCUT2D eigenvalue weighted by Gasteiger charge is -2.07. The lowest BCUT2D eigenvalue weighted by atomic mass is 10.0. The van der Waals surface area contributed by atoms with Gasteiger partial charge in [-0.2, -0.15) is 0 Å². The highest BCUT2D eigenvalue weighted by Crippen LogP contribution is 2.29. The summed E-state index contributed by atoms with van der Waals surface area (Å²) in [4.78, 5) is 0. The molecule has 0 saturated carbocycles. The highest BCUT2D eigenvalue weighted by atomic mass is 16.6. The minimum absolute atomic E-state index is 0.323. The minimum atomic E-state index is 0.323. The van der Waals surface area contributed by atoms with Gasteiger partial charge < -0.3 is 14.6 Å². The Morgan fingerprint density at radius 3 is 1.93 bits per heavy atom. The third-order valence-corrected chi connectivity index (χ3v) is 2.90. The Labute approximate surface area is 88.6 Å². The largest absolute Gasteiger partial charge is 0.507 e. The van der Waals surface area contributed by atoms with Crippen LogP contribution in [0.4, 0.5) is 0 Å². The molecule has 15 heavy (non-hydrogen) atoms. The number of phenols is 1. The van der Waals surface area contributed by atoms with Gasteiger partial charge in [-0.15, -0.1) is 0 Å². The summed E-state index contributed by atoms with van der Waals surface area (Å²) in [5.41, 5.74) is 1.99. The van der Waals surface area contributed by atoms with Gasteiger partial charge in [-0.3, -0.25) is 0 Å². The Kier molecular flexibility index (Phi) is 2.15. The number of para-hydroxylation sites is 1. The first-order valence-corrected chi connectivity index (χ1v) is 5.36. The molecule has 0 spiro atoms. The van der Waals surface area contributed by atoms with Crippen LogP contribution in [0.15, 0.2) is 18.2 Å². The van der Waals surface area contributed by atoms with E-state index in [0.717, 1.165) is 37.2 Å². The van der Waals surface area contributed by atoms with Gasteiger partial charge in [0.15, 0.2) is 0 Å². The van der Waals surface area contributed by atoms with Crippen LogP contribution in [0.1, 0.15) is 11.1 Å². The molecular weight excluding hydrogens is 192 g/mol. The van der Waals surface area contributed by atoms with E-state index in [-0.39, 0.29) is 0 Å². The van der Waals surface area contributed by atoms with E-state index in [2.05, 4.69) is 0 Å². The quantitative estimate of drug-likeness (QED) is 0.755. The number of hydrogen-bond donors (Lipinski definition) is 1. The Morgan fingerprint density at radius 1 is 1.07 bits per heavy atom. The first kappa shape index (κ1) is 9.19. The van der Waals surface area contributed by atoms with Crippen molar-refractivity contribution in [2.24, 2.45) is 0 Å². The highest BCUT2D eigenvalue weighted by Gasteiger charge is 2.27. The van der Waals surface area contributed by atoms with E-state index in [9.17, 15) is 5.11 Å². The molecule has 0 amide bonds. The predicted molar refractivity (Wildman–Crippen MR) is 55.0 cm³/mol. The van der Waals surface area contributed by atoms with Crippen LogP contribution >= 0.6 is 0 Å². The summed E-state index contributed by atoms with van der Waals surface area (Å²) in [6.07, 6.45) is 2.29. The zero-order valence-corrected chi connectivity index (χ0v) is 8.48. The van der Waals surface area contributed by atoms with Crippen molar-refractivity contribution >= 4 is 0 Å². The van der Waals surface area contributed by atoms with Crippen molar-refractivity contribution in [3.63, 3.8) is 0 Å². The molecule has 0 aliphatic carbocycles. The summed E-state index contributed by atoms with van der Waals surface area (Å²) < 4.78 is 10.3. The van der Waals surface area contributed by atoms with E-state index in [1.807, 2.05) is 18.2 Å². The van der Waals surface area contributed by atoms with E-state index < -0.39 is 0 Å². The molecule has 0 aromatic heterocycles. The van der Waals surface area contributed by atoms with E-state index >= 15 is 0 Å². The maximum absolute atomic E-state index is 10.0. The molecule has 0 radical (unpaired) electrons. The van der Waals surface area contributed by atoms with Crippen molar-refractivity contribution in [3.8, 4) is 5.75 Å². The fourth-order valence-electron chi connectivity index (χ4n) is 1.84. The number of epoxide rings is 2. The third-order valence-electron chi connectivity index (χ3n) is 2.90. The fraction of sp³-hybridized carbons (Fsp3) is 0.500. The monoisotopic (exact) mass is 206 g/mol. The van der Waals surface area contributed by atoms with Crippen LogP contribution in [0.25, 0.3) is 0 Å². The van der Waals surface area contributed by atoms with Gasteiger partial charge in [0.2, 0.25) is 0 Å². The van der Waals surface area contributed by atoms with Gasteiger partial charge in [-0.25, -0.2) is 0 Å². The van der Waals surface area contributed by atoms with Crippen LogP contribution in [0, 0.1) is 0 Å². The molecule has 1 N–H and O–H groups in total. The Bertz CT molecular complexity index is 335. The molecule has 3 rings (SSSR count). The zero-order valence-electron chi connectivity index (χ0n) is 8.48. The lowest BCUT2D eigenvalue weighted by molar-refractivity contribution is 0.395. The number of benzene rings is 1. The predicted octanol–water partition coefficient (Wildman–Crippen LogP) is 1.27. The topological polar surface area (TPSA) is 45.3 Å². The molecule has 2 saturated heterocycles. The lowest BCUT2D eigenvalue weighted by Crippen LogP contribution is -1.98. The van der Waals surface area contributed by atoms with Gasteiger partial charge in [0, 0.05) is 12.8 Å². The maximum Gasteiger partial charge on any atom is 0.122 e.